The number of halogens is 1. The summed E-state index contributed by atoms with van der Waals surface area (Å²) in [4.78, 5) is 31.9. The van der Waals surface area contributed by atoms with Crippen LogP contribution < -0.4 is 0 Å². The topological polar surface area (TPSA) is 71.0 Å². The van der Waals surface area contributed by atoms with E-state index in [2.05, 4.69) is 9.97 Å². The van der Waals surface area contributed by atoms with Crippen LogP contribution in [-0.4, -0.2) is 38.3 Å². The van der Waals surface area contributed by atoms with E-state index in [9.17, 15) is 9.59 Å². The van der Waals surface area contributed by atoms with Crippen LogP contribution in [0.25, 0.3) is 11.2 Å². The number of carbonyl (C=O) groups is 2. The number of pyridine rings is 1. The molecule has 0 aromatic carbocycles. The molecular formula is C11H9ClN4O2S. The molecule has 0 spiro atoms. The van der Waals surface area contributed by atoms with Crippen molar-refractivity contribution in [2.45, 2.75) is 12.5 Å². The Morgan fingerprint density at radius 2 is 2.26 bits per heavy atom. The summed E-state index contributed by atoms with van der Waals surface area (Å²) in [6.45, 7) is 0. The normalized spacial score (nSPS) is 19.7. The lowest BCUT2D eigenvalue weighted by Gasteiger charge is -2.10. The Morgan fingerprint density at radius 3 is 2.89 bits per heavy atom. The zero-order valence-electron chi connectivity index (χ0n) is 9.88. The van der Waals surface area contributed by atoms with Gasteiger partial charge in [0.15, 0.2) is 10.4 Å². The van der Waals surface area contributed by atoms with Gasteiger partial charge in [-0.2, -0.15) is 0 Å². The molecule has 1 fully saturated rings. The summed E-state index contributed by atoms with van der Waals surface area (Å²) in [6, 6.07) is 1.05. The zero-order valence-corrected chi connectivity index (χ0v) is 11.5. The maximum Gasteiger partial charge on any atom is 0.252 e. The van der Waals surface area contributed by atoms with Gasteiger partial charge in [0.05, 0.1) is 17.0 Å². The molecule has 8 heteroatoms. The van der Waals surface area contributed by atoms with Crippen LogP contribution in [0.15, 0.2) is 12.3 Å². The fourth-order valence-corrected chi connectivity index (χ4v) is 2.70. The third-order valence-electron chi connectivity index (χ3n) is 3.19. The van der Waals surface area contributed by atoms with Crippen molar-refractivity contribution in [3.8, 4) is 0 Å². The molecule has 1 aliphatic rings. The second kappa shape index (κ2) is 4.14. The van der Waals surface area contributed by atoms with Gasteiger partial charge in [0.2, 0.25) is 5.91 Å². The van der Waals surface area contributed by atoms with Crippen molar-refractivity contribution in [3.05, 3.63) is 22.1 Å². The largest absolute Gasteiger partial charge is 0.329 e. The summed E-state index contributed by atoms with van der Waals surface area (Å²) in [5, 5.41) is 0.474. The Bertz CT molecular complexity index is 766. The Morgan fingerprint density at radius 1 is 1.53 bits per heavy atom. The Hall–Kier alpha value is -1.73. The van der Waals surface area contributed by atoms with E-state index in [1.165, 1.54) is 13.2 Å². The molecule has 19 heavy (non-hydrogen) atoms. The lowest BCUT2D eigenvalue weighted by Crippen LogP contribution is -2.27. The van der Waals surface area contributed by atoms with Gasteiger partial charge in [0, 0.05) is 13.2 Å². The first kappa shape index (κ1) is 12.3. The van der Waals surface area contributed by atoms with E-state index >= 15 is 0 Å². The number of likely N-dealkylation sites (tertiary alicyclic amines) is 1. The molecule has 6 nitrogen and oxygen atoms in total. The molecule has 2 amide bonds. The second-order valence-corrected chi connectivity index (χ2v) is 5.16. The van der Waals surface area contributed by atoms with Gasteiger partial charge < -0.3 is 4.98 Å². The first-order valence-electron chi connectivity index (χ1n) is 5.55. The van der Waals surface area contributed by atoms with Crippen LogP contribution in [0, 0.1) is 4.77 Å². The van der Waals surface area contributed by atoms with Crippen molar-refractivity contribution in [1.29, 1.82) is 0 Å². The van der Waals surface area contributed by atoms with Crippen LogP contribution in [0.3, 0.4) is 0 Å². The molecule has 3 heterocycles. The molecule has 0 saturated carbocycles. The van der Waals surface area contributed by atoms with Gasteiger partial charge in [-0.3, -0.25) is 19.1 Å². The van der Waals surface area contributed by atoms with E-state index in [4.69, 9.17) is 23.8 Å². The average molecular weight is 297 g/mol. The monoisotopic (exact) mass is 296 g/mol. The number of nitrogens with one attached hydrogen (secondary N) is 1. The van der Waals surface area contributed by atoms with Crippen LogP contribution in [0.4, 0.5) is 0 Å². The minimum absolute atomic E-state index is 0.0981. The standard InChI is InChI=1S/C11H9ClN4O2S/c1-15-8(17)3-7(10(15)18)16-9-6(14-11(16)19)2-5(12)4-13-9/h2,4,7H,3H2,1H3,(H,14,19). The van der Waals surface area contributed by atoms with Gasteiger partial charge in [0.25, 0.3) is 5.91 Å². The smallest absolute Gasteiger partial charge is 0.252 e. The summed E-state index contributed by atoms with van der Waals surface area (Å²) in [7, 11) is 1.47. The predicted molar refractivity (Wildman–Crippen MR) is 71.4 cm³/mol. The highest BCUT2D eigenvalue weighted by atomic mass is 35.5. The fraction of sp³-hybridized carbons (Fsp3) is 0.273. The van der Waals surface area contributed by atoms with Crippen LogP contribution in [0.5, 0.6) is 0 Å². The average Bonchev–Trinajstić information content (AvgIpc) is 2.80. The number of carbonyl (C=O) groups excluding carboxylic acids is 2. The molecule has 2 aromatic heterocycles. The summed E-state index contributed by atoms with van der Waals surface area (Å²) in [5.41, 5.74) is 1.17. The van der Waals surface area contributed by atoms with E-state index in [0.29, 0.717) is 21.0 Å². The van der Waals surface area contributed by atoms with Crippen LogP contribution in [0.1, 0.15) is 12.5 Å². The molecular weight excluding hydrogens is 288 g/mol. The minimum atomic E-state index is -0.632. The third kappa shape index (κ3) is 1.77. The number of likely N-dealkylation sites (N-methyl/N-ethyl adjacent to an activating group) is 1. The van der Waals surface area contributed by atoms with Crippen LogP contribution in [-0.2, 0) is 9.59 Å². The summed E-state index contributed by atoms with van der Waals surface area (Å²) in [5.74, 6) is -0.501. The highest BCUT2D eigenvalue weighted by molar-refractivity contribution is 7.71. The van der Waals surface area contributed by atoms with Gasteiger partial charge in [-0.25, -0.2) is 4.98 Å². The van der Waals surface area contributed by atoms with Gasteiger partial charge in [-0.15, -0.1) is 0 Å². The number of hydrogen-bond acceptors (Lipinski definition) is 4. The molecule has 1 aliphatic heterocycles. The highest BCUT2D eigenvalue weighted by Gasteiger charge is 2.38. The number of fused-ring (bicyclic) bond motifs is 1. The maximum absolute atomic E-state index is 12.0. The number of imidazole rings is 1. The third-order valence-corrected chi connectivity index (χ3v) is 3.70. The maximum atomic E-state index is 12.0. The number of imide groups is 1. The quantitative estimate of drug-likeness (QED) is 0.642. The van der Waals surface area contributed by atoms with Crippen LogP contribution in [0.2, 0.25) is 5.02 Å². The molecule has 1 N–H and O–H groups in total. The lowest BCUT2D eigenvalue weighted by atomic mass is 10.2. The first-order chi connectivity index (χ1) is 8.99. The van der Waals surface area contributed by atoms with Gasteiger partial charge >= 0.3 is 0 Å². The van der Waals surface area contributed by atoms with E-state index < -0.39 is 6.04 Å². The Labute approximate surface area is 118 Å². The Balaban J connectivity index is 2.21. The molecule has 0 bridgehead atoms. The Kier molecular flexibility index (Phi) is 2.68. The molecule has 3 rings (SSSR count). The van der Waals surface area contributed by atoms with Gasteiger partial charge in [-0.1, -0.05) is 11.6 Å². The molecule has 1 saturated heterocycles. The van der Waals surface area contributed by atoms with Crippen molar-refractivity contribution in [2.24, 2.45) is 0 Å². The van der Waals surface area contributed by atoms with Gasteiger partial charge in [-0.05, 0) is 18.3 Å². The summed E-state index contributed by atoms with van der Waals surface area (Å²) >= 11 is 11.1. The number of aromatic nitrogens is 3. The van der Waals surface area contributed by atoms with Crippen LogP contribution >= 0.6 is 23.8 Å². The molecule has 0 radical (unpaired) electrons. The van der Waals surface area contributed by atoms with E-state index in [1.54, 1.807) is 10.6 Å². The summed E-state index contributed by atoms with van der Waals surface area (Å²) < 4.78 is 1.93. The number of rotatable bonds is 1. The van der Waals surface area contributed by atoms with Crippen molar-refractivity contribution in [3.63, 3.8) is 0 Å². The van der Waals surface area contributed by atoms with Crippen molar-refractivity contribution in [1.82, 2.24) is 19.4 Å². The lowest BCUT2D eigenvalue weighted by molar-refractivity contribution is -0.137. The molecule has 1 atom stereocenters. The molecule has 2 aromatic rings. The number of H-pyrrole nitrogens is 1. The summed E-state index contributed by atoms with van der Waals surface area (Å²) in [6.07, 6.45) is 1.58. The number of amides is 2. The highest BCUT2D eigenvalue weighted by Crippen LogP contribution is 2.27. The number of hydrogen-bond donors (Lipinski definition) is 1. The zero-order chi connectivity index (χ0) is 13.7. The number of aromatic amines is 1. The van der Waals surface area contributed by atoms with E-state index in [-0.39, 0.29) is 18.2 Å². The molecule has 0 aliphatic carbocycles. The van der Waals surface area contributed by atoms with E-state index in [0.717, 1.165) is 4.90 Å². The minimum Gasteiger partial charge on any atom is -0.329 e. The SMILES string of the molecule is CN1C(=O)CC(n2c(=S)[nH]c3cc(Cl)cnc32)C1=O. The van der Waals surface area contributed by atoms with Crippen molar-refractivity contribution < 1.29 is 9.59 Å². The first-order valence-corrected chi connectivity index (χ1v) is 6.34. The predicted octanol–water partition coefficient (Wildman–Crippen LogP) is 1.68. The molecule has 98 valence electrons. The molecule has 1 unspecified atom stereocenters. The van der Waals surface area contributed by atoms with Crippen molar-refractivity contribution in [2.75, 3.05) is 7.05 Å². The van der Waals surface area contributed by atoms with E-state index in [1.807, 2.05) is 0 Å². The second-order valence-electron chi connectivity index (χ2n) is 4.34. The van der Waals surface area contributed by atoms with Crippen molar-refractivity contribution >= 4 is 46.8 Å². The van der Waals surface area contributed by atoms with Gasteiger partial charge in [0.1, 0.15) is 6.04 Å². The number of nitrogens with zero attached hydrogens (tertiary/aromatic N) is 3. The fourth-order valence-electron chi connectivity index (χ4n) is 2.21.